The smallest absolute Gasteiger partial charge is 0.211 e. The van der Waals surface area contributed by atoms with Crippen molar-refractivity contribution in [3.8, 4) is 17.3 Å². The Hall–Kier alpha value is -1.54. The molecule has 0 radical (unpaired) electrons. The number of rotatable bonds is 1. The van der Waals surface area contributed by atoms with Crippen LogP contribution in [-0.2, 0) is 0 Å². The Balaban J connectivity index is 0.00000144. The second-order valence-electron chi connectivity index (χ2n) is 3.32. The number of hydrogen-bond donors (Lipinski definition) is 1. The third-order valence-electron chi connectivity index (χ3n) is 2.21. The molecule has 6 heteroatoms. The first-order valence-electron chi connectivity index (χ1n) is 4.54. The van der Waals surface area contributed by atoms with E-state index in [0.29, 0.717) is 15.9 Å². The Morgan fingerprint density at radius 2 is 2.06 bits per heavy atom. The summed E-state index contributed by atoms with van der Waals surface area (Å²) in [6.07, 6.45) is 0. The first kappa shape index (κ1) is 13.5. The van der Waals surface area contributed by atoms with Crippen molar-refractivity contribution < 1.29 is 5.48 Å². The van der Waals surface area contributed by atoms with E-state index in [0.717, 1.165) is 11.1 Å². The monoisotopic (exact) mass is 269 g/mol. The van der Waals surface area contributed by atoms with Gasteiger partial charge < -0.3 is 10.5 Å². The fourth-order valence-electron chi connectivity index (χ4n) is 1.34. The molecule has 1 aromatic carbocycles. The molecule has 0 saturated heterocycles. The lowest BCUT2D eigenvalue weighted by molar-refractivity contribution is 0.824. The van der Waals surface area contributed by atoms with E-state index in [9.17, 15) is 0 Å². The van der Waals surface area contributed by atoms with Gasteiger partial charge in [0.2, 0.25) is 5.82 Å². The molecule has 0 bridgehead atoms. The van der Waals surface area contributed by atoms with Crippen LogP contribution in [0.2, 0.25) is 10.2 Å². The maximum atomic E-state index is 8.69. The normalized spacial score (nSPS) is 9.53. The third-order valence-corrected chi connectivity index (χ3v) is 2.89. The summed E-state index contributed by atoms with van der Waals surface area (Å²) in [7, 11) is 0. The topological polar surface area (TPSA) is 84.0 Å². The van der Waals surface area contributed by atoms with Crippen LogP contribution in [0.15, 0.2) is 18.2 Å². The van der Waals surface area contributed by atoms with Gasteiger partial charge in [-0.3, -0.25) is 0 Å². The van der Waals surface area contributed by atoms with Gasteiger partial charge >= 0.3 is 0 Å². The Kier molecular flexibility index (Phi) is 4.13. The predicted molar refractivity (Wildman–Crippen MR) is 67.1 cm³/mol. The van der Waals surface area contributed by atoms with Gasteiger partial charge in [0.25, 0.3) is 0 Å². The Bertz CT molecular complexity index is 587. The van der Waals surface area contributed by atoms with E-state index in [1.165, 1.54) is 0 Å². The molecule has 0 atom stereocenters. The summed E-state index contributed by atoms with van der Waals surface area (Å²) >= 11 is 11.9. The number of H-pyrrole nitrogens is 1. The first-order chi connectivity index (χ1) is 7.61. The van der Waals surface area contributed by atoms with Gasteiger partial charge in [-0.15, -0.1) is 0 Å². The number of nitrogens with one attached hydrogen (secondary N) is 1. The van der Waals surface area contributed by atoms with E-state index in [1.807, 2.05) is 25.1 Å². The molecule has 1 heterocycles. The third kappa shape index (κ3) is 2.59. The summed E-state index contributed by atoms with van der Waals surface area (Å²) in [5, 5.41) is 9.68. The molecule has 0 unspecified atom stereocenters. The molecule has 0 aliphatic heterocycles. The molecule has 0 saturated carbocycles. The average Bonchev–Trinajstić information content (AvgIpc) is 2.64. The quantitative estimate of drug-likeness (QED) is 0.863. The summed E-state index contributed by atoms with van der Waals surface area (Å²) in [4.78, 5) is 6.74. The molecular formula is C11H9Cl2N3O. The van der Waals surface area contributed by atoms with Crippen molar-refractivity contribution in [3.63, 3.8) is 0 Å². The first-order valence-corrected chi connectivity index (χ1v) is 5.29. The van der Waals surface area contributed by atoms with Crippen LogP contribution in [0.3, 0.4) is 0 Å². The van der Waals surface area contributed by atoms with Gasteiger partial charge in [-0.1, -0.05) is 35.3 Å². The molecule has 0 fully saturated rings. The molecule has 1 aromatic heterocycles. The number of aryl methyl sites for hydroxylation is 1. The molecular weight excluding hydrogens is 261 g/mol. The minimum atomic E-state index is 0. The SMILES string of the molecule is Cc1ccc(-c2nc(C#N)[nH]c2Cl)cc1Cl.O. The Labute approximate surface area is 108 Å². The summed E-state index contributed by atoms with van der Waals surface area (Å²) < 4.78 is 0. The molecule has 2 rings (SSSR count). The number of benzene rings is 1. The largest absolute Gasteiger partial charge is 0.412 e. The summed E-state index contributed by atoms with van der Waals surface area (Å²) in [5.74, 6) is 0.191. The van der Waals surface area contributed by atoms with E-state index < -0.39 is 0 Å². The summed E-state index contributed by atoms with van der Waals surface area (Å²) in [5.41, 5.74) is 2.32. The number of imidazole rings is 1. The van der Waals surface area contributed by atoms with E-state index in [2.05, 4.69) is 9.97 Å². The van der Waals surface area contributed by atoms with Crippen molar-refractivity contribution >= 4 is 23.2 Å². The maximum Gasteiger partial charge on any atom is 0.211 e. The average molecular weight is 270 g/mol. The number of halogens is 2. The molecule has 88 valence electrons. The van der Waals surface area contributed by atoms with E-state index in [4.69, 9.17) is 28.5 Å². The second kappa shape index (κ2) is 5.19. The highest BCUT2D eigenvalue weighted by atomic mass is 35.5. The van der Waals surface area contributed by atoms with Crippen molar-refractivity contribution in [1.29, 1.82) is 5.26 Å². The van der Waals surface area contributed by atoms with Crippen LogP contribution in [0, 0.1) is 18.3 Å². The number of nitrogens with zero attached hydrogens (tertiary/aromatic N) is 2. The number of hydrogen-bond acceptors (Lipinski definition) is 2. The van der Waals surface area contributed by atoms with Crippen molar-refractivity contribution in [3.05, 3.63) is 39.8 Å². The predicted octanol–water partition coefficient (Wildman–Crippen LogP) is 2.74. The molecule has 2 aromatic rings. The van der Waals surface area contributed by atoms with Crippen LogP contribution < -0.4 is 0 Å². The Morgan fingerprint density at radius 1 is 1.35 bits per heavy atom. The van der Waals surface area contributed by atoms with Gasteiger partial charge in [-0.05, 0) is 18.6 Å². The highest BCUT2D eigenvalue weighted by molar-refractivity contribution is 6.33. The van der Waals surface area contributed by atoms with Gasteiger partial charge in [0.15, 0.2) is 0 Å². The number of aromatic nitrogens is 2. The molecule has 3 N–H and O–H groups in total. The van der Waals surface area contributed by atoms with Crippen LogP contribution in [0.1, 0.15) is 11.4 Å². The van der Waals surface area contributed by atoms with Crippen LogP contribution in [0.5, 0.6) is 0 Å². The summed E-state index contributed by atoms with van der Waals surface area (Å²) in [6, 6.07) is 7.43. The van der Waals surface area contributed by atoms with E-state index in [-0.39, 0.29) is 11.3 Å². The lowest BCUT2D eigenvalue weighted by Gasteiger charge is -2.01. The van der Waals surface area contributed by atoms with Gasteiger partial charge in [0, 0.05) is 10.6 Å². The molecule has 0 spiro atoms. The lowest BCUT2D eigenvalue weighted by atomic mass is 10.1. The van der Waals surface area contributed by atoms with Crippen molar-refractivity contribution in [2.75, 3.05) is 0 Å². The van der Waals surface area contributed by atoms with E-state index >= 15 is 0 Å². The zero-order chi connectivity index (χ0) is 11.7. The molecule has 0 aliphatic carbocycles. The zero-order valence-electron chi connectivity index (χ0n) is 8.88. The second-order valence-corrected chi connectivity index (χ2v) is 4.11. The highest BCUT2D eigenvalue weighted by Gasteiger charge is 2.11. The Morgan fingerprint density at radius 3 is 2.59 bits per heavy atom. The van der Waals surface area contributed by atoms with Crippen LogP contribution in [0.25, 0.3) is 11.3 Å². The van der Waals surface area contributed by atoms with Crippen LogP contribution >= 0.6 is 23.2 Å². The van der Waals surface area contributed by atoms with Gasteiger partial charge in [0.05, 0.1) is 0 Å². The van der Waals surface area contributed by atoms with Crippen LogP contribution in [0.4, 0.5) is 0 Å². The fraction of sp³-hybridized carbons (Fsp3) is 0.0909. The zero-order valence-corrected chi connectivity index (χ0v) is 10.4. The molecule has 4 nitrogen and oxygen atoms in total. The van der Waals surface area contributed by atoms with Crippen LogP contribution in [-0.4, -0.2) is 15.4 Å². The minimum Gasteiger partial charge on any atom is -0.412 e. The molecule has 0 amide bonds. The van der Waals surface area contributed by atoms with Gasteiger partial charge in [-0.25, -0.2) is 4.98 Å². The van der Waals surface area contributed by atoms with Crippen molar-refractivity contribution in [2.45, 2.75) is 6.92 Å². The standard InChI is InChI=1S/C11H7Cl2N3.H2O/c1-6-2-3-7(4-8(6)12)10-11(13)16-9(5-14)15-10;/h2-4H,1H3,(H,15,16);1H2. The number of nitriles is 1. The van der Waals surface area contributed by atoms with Crippen molar-refractivity contribution in [2.24, 2.45) is 0 Å². The lowest BCUT2D eigenvalue weighted by Crippen LogP contribution is -1.82. The van der Waals surface area contributed by atoms with Crippen molar-refractivity contribution in [1.82, 2.24) is 9.97 Å². The molecule has 17 heavy (non-hydrogen) atoms. The van der Waals surface area contributed by atoms with Gasteiger partial charge in [-0.2, -0.15) is 5.26 Å². The highest BCUT2D eigenvalue weighted by Crippen LogP contribution is 2.28. The van der Waals surface area contributed by atoms with Gasteiger partial charge in [0.1, 0.15) is 16.9 Å². The molecule has 0 aliphatic rings. The number of aromatic amines is 1. The maximum absolute atomic E-state index is 8.69. The summed E-state index contributed by atoms with van der Waals surface area (Å²) in [6.45, 7) is 1.92. The fourth-order valence-corrected chi connectivity index (χ4v) is 1.76. The van der Waals surface area contributed by atoms with E-state index in [1.54, 1.807) is 6.07 Å². The minimum absolute atomic E-state index is 0.